The number of aryl methyl sites for hydroxylation is 1. The quantitative estimate of drug-likeness (QED) is 0.367. The molecule has 0 spiro atoms. The third-order valence-corrected chi connectivity index (χ3v) is 1.41. The molecule has 0 aliphatic heterocycles. The summed E-state index contributed by atoms with van der Waals surface area (Å²) < 4.78 is 0. The summed E-state index contributed by atoms with van der Waals surface area (Å²) in [7, 11) is 0. The summed E-state index contributed by atoms with van der Waals surface area (Å²) in [6, 6.07) is 10.3. The van der Waals surface area contributed by atoms with Gasteiger partial charge in [-0.15, -0.1) is 12.3 Å². The first-order valence-corrected chi connectivity index (χ1v) is 8.23. The Morgan fingerprint density at radius 3 is 1.38 bits per heavy atom. The van der Waals surface area contributed by atoms with E-state index < -0.39 is 0 Å². The molecule has 1 rings (SSSR count). The Hall–Kier alpha value is -1.48. The molecule has 0 unspecified atom stereocenters. The van der Waals surface area contributed by atoms with Crippen LogP contribution in [0.25, 0.3) is 0 Å². The SMILES string of the molecule is C#CC.C/C=C\CC.CC.CC.CC.Cc1ccccc1. The second-order valence-corrected chi connectivity index (χ2v) is 2.92. The van der Waals surface area contributed by atoms with Crippen molar-refractivity contribution < 1.29 is 0 Å². The van der Waals surface area contributed by atoms with Gasteiger partial charge in [0.1, 0.15) is 0 Å². The number of benzene rings is 1. The van der Waals surface area contributed by atoms with Crippen molar-refractivity contribution in [2.45, 2.75) is 75.7 Å². The van der Waals surface area contributed by atoms with Gasteiger partial charge in [-0.1, -0.05) is 96.5 Å². The minimum atomic E-state index is 1.16. The predicted octanol–water partition coefficient (Wildman–Crippen LogP) is 7.69. The highest BCUT2D eigenvalue weighted by Crippen LogP contribution is 1.92. The molecule has 0 heterocycles. The van der Waals surface area contributed by atoms with Crippen molar-refractivity contribution in [2.75, 3.05) is 0 Å². The molecule has 0 bridgehead atoms. The molecule has 1 aromatic carbocycles. The van der Waals surface area contributed by atoms with Crippen molar-refractivity contribution in [1.82, 2.24) is 0 Å². The molecule has 21 heavy (non-hydrogen) atoms. The lowest BCUT2D eigenvalue weighted by Gasteiger charge is -1.82. The lowest BCUT2D eigenvalue weighted by atomic mass is 10.2. The van der Waals surface area contributed by atoms with Crippen LogP contribution in [0.4, 0.5) is 0 Å². The van der Waals surface area contributed by atoms with Crippen molar-refractivity contribution in [3.8, 4) is 12.3 Å². The smallest absolute Gasteiger partial charge is 0.00297 e. The highest BCUT2D eigenvalue weighted by Gasteiger charge is 1.72. The van der Waals surface area contributed by atoms with Gasteiger partial charge in [-0.2, -0.15) is 0 Å². The molecule has 0 radical (unpaired) electrons. The van der Waals surface area contributed by atoms with Gasteiger partial charge >= 0.3 is 0 Å². The van der Waals surface area contributed by atoms with Gasteiger partial charge in [-0.3, -0.25) is 0 Å². The minimum Gasteiger partial charge on any atom is -0.120 e. The first-order valence-electron chi connectivity index (χ1n) is 8.23. The fraction of sp³-hybridized carbons (Fsp3) is 0.524. The zero-order chi connectivity index (χ0) is 17.9. The van der Waals surface area contributed by atoms with Crippen LogP contribution in [0.15, 0.2) is 42.5 Å². The maximum atomic E-state index is 4.60. The van der Waals surface area contributed by atoms with Crippen molar-refractivity contribution in [2.24, 2.45) is 0 Å². The first kappa shape index (κ1) is 31.8. The van der Waals surface area contributed by atoms with Crippen LogP contribution in [0.2, 0.25) is 0 Å². The van der Waals surface area contributed by atoms with Crippen LogP contribution in [0, 0.1) is 19.3 Å². The van der Waals surface area contributed by atoms with E-state index in [0.717, 1.165) is 6.42 Å². The summed E-state index contributed by atoms with van der Waals surface area (Å²) >= 11 is 0. The van der Waals surface area contributed by atoms with E-state index in [4.69, 9.17) is 0 Å². The van der Waals surface area contributed by atoms with E-state index >= 15 is 0 Å². The second kappa shape index (κ2) is 51.4. The Bertz CT molecular complexity index is 262. The molecule has 0 atom stereocenters. The van der Waals surface area contributed by atoms with Gasteiger partial charge in [0.15, 0.2) is 0 Å². The molecule has 0 heteroatoms. The maximum Gasteiger partial charge on any atom is -0.00297 e. The molecular formula is C21H40. The van der Waals surface area contributed by atoms with Crippen LogP contribution < -0.4 is 0 Å². The fourth-order valence-corrected chi connectivity index (χ4v) is 0.770. The number of allylic oxidation sites excluding steroid dienone is 2. The Morgan fingerprint density at radius 2 is 1.29 bits per heavy atom. The number of hydrogen-bond acceptors (Lipinski definition) is 0. The maximum absolute atomic E-state index is 4.60. The summed E-state index contributed by atoms with van der Waals surface area (Å²) in [6.07, 6.45) is 9.94. The van der Waals surface area contributed by atoms with Crippen molar-refractivity contribution in [1.29, 1.82) is 0 Å². The van der Waals surface area contributed by atoms with E-state index in [1.165, 1.54) is 5.56 Å². The van der Waals surface area contributed by atoms with E-state index in [1.54, 1.807) is 6.92 Å². The third kappa shape index (κ3) is 69.6. The zero-order valence-corrected chi connectivity index (χ0v) is 16.3. The molecule has 0 aliphatic rings. The van der Waals surface area contributed by atoms with Gasteiger partial charge in [-0.25, -0.2) is 0 Å². The van der Waals surface area contributed by atoms with Gasteiger partial charge < -0.3 is 0 Å². The Balaban J connectivity index is -0.0000000543. The molecule has 0 nitrogen and oxygen atoms in total. The van der Waals surface area contributed by atoms with E-state index in [2.05, 4.69) is 50.5 Å². The van der Waals surface area contributed by atoms with E-state index in [-0.39, 0.29) is 0 Å². The summed E-state index contributed by atoms with van der Waals surface area (Å²) in [5.74, 6) is 2.25. The van der Waals surface area contributed by atoms with Crippen molar-refractivity contribution >= 4 is 0 Å². The lowest BCUT2D eigenvalue weighted by molar-refractivity contribution is 1.22. The van der Waals surface area contributed by atoms with Crippen molar-refractivity contribution in [3.05, 3.63) is 48.0 Å². The summed E-state index contributed by atoms with van der Waals surface area (Å²) in [6.45, 7) is 19.9. The molecule has 0 aromatic heterocycles. The molecule has 0 saturated carbocycles. The molecular weight excluding hydrogens is 252 g/mol. The molecule has 124 valence electrons. The second-order valence-electron chi connectivity index (χ2n) is 2.92. The molecule has 0 fully saturated rings. The monoisotopic (exact) mass is 292 g/mol. The average Bonchev–Trinajstić information content (AvgIpc) is 2.56. The topological polar surface area (TPSA) is 0 Å². The van der Waals surface area contributed by atoms with E-state index in [9.17, 15) is 0 Å². The van der Waals surface area contributed by atoms with Crippen LogP contribution in [0.5, 0.6) is 0 Å². The van der Waals surface area contributed by atoms with Gasteiger partial charge in [0, 0.05) is 0 Å². The van der Waals surface area contributed by atoms with E-state index in [0.29, 0.717) is 0 Å². The van der Waals surface area contributed by atoms with Gasteiger partial charge in [0.25, 0.3) is 0 Å². The summed E-state index contributed by atoms with van der Waals surface area (Å²) in [5.41, 5.74) is 1.32. The molecule has 0 N–H and O–H groups in total. The molecule has 1 aromatic rings. The predicted molar refractivity (Wildman–Crippen MR) is 105 cm³/mol. The highest BCUT2D eigenvalue weighted by molar-refractivity contribution is 5.11. The van der Waals surface area contributed by atoms with Gasteiger partial charge in [0.05, 0.1) is 0 Å². The van der Waals surface area contributed by atoms with E-state index in [1.807, 2.05) is 66.7 Å². The van der Waals surface area contributed by atoms with Crippen LogP contribution in [0.3, 0.4) is 0 Å². The van der Waals surface area contributed by atoms with Crippen LogP contribution in [0.1, 0.15) is 74.3 Å². The molecule has 0 amide bonds. The normalized spacial score (nSPS) is 6.52. The Morgan fingerprint density at radius 1 is 0.952 bits per heavy atom. The standard InChI is InChI=1S/C7H8.C5H10.C3H4.3C2H6/c1-7-5-3-2-4-6-7;1-3-5-4-2;1-3-2;3*1-2/h2-6H,1H3;3,5H,4H2,1-2H3;1H,2H3;3*1-2H3/b;5-3-;;;;. The Kier molecular flexibility index (Phi) is 77.7. The minimum absolute atomic E-state index is 1.16. The van der Waals surface area contributed by atoms with Crippen molar-refractivity contribution in [3.63, 3.8) is 0 Å². The van der Waals surface area contributed by atoms with Gasteiger partial charge in [-0.05, 0) is 27.2 Å². The largest absolute Gasteiger partial charge is 0.120 e. The summed E-state index contributed by atoms with van der Waals surface area (Å²) in [4.78, 5) is 0. The fourth-order valence-electron chi connectivity index (χ4n) is 0.770. The summed E-state index contributed by atoms with van der Waals surface area (Å²) in [5, 5.41) is 0. The molecule has 0 aliphatic carbocycles. The van der Waals surface area contributed by atoms with Crippen LogP contribution in [-0.2, 0) is 0 Å². The zero-order valence-electron chi connectivity index (χ0n) is 16.3. The lowest BCUT2D eigenvalue weighted by Crippen LogP contribution is -1.62. The number of terminal acetylenes is 1. The highest BCUT2D eigenvalue weighted by atomic mass is 13.8. The number of rotatable bonds is 1. The average molecular weight is 293 g/mol. The molecule has 0 saturated heterocycles. The third-order valence-electron chi connectivity index (χ3n) is 1.41. The number of hydrogen-bond donors (Lipinski definition) is 0. The van der Waals surface area contributed by atoms with Crippen LogP contribution >= 0.6 is 0 Å². The van der Waals surface area contributed by atoms with Gasteiger partial charge in [0.2, 0.25) is 0 Å². The Labute approximate surface area is 136 Å². The first-order chi connectivity index (χ1) is 10.2. The van der Waals surface area contributed by atoms with Crippen LogP contribution in [-0.4, -0.2) is 0 Å².